The van der Waals surface area contributed by atoms with Crippen molar-refractivity contribution >= 4 is 11.3 Å². The van der Waals surface area contributed by atoms with Gasteiger partial charge in [-0.15, -0.1) is 11.3 Å². The molecule has 1 fully saturated rings. The highest BCUT2D eigenvalue weighted by molar-refractivity contribution is 7.07. The van der Waals surface area contributed by atoms with Gasteiger partial charge in [-0.1, -0.05) is 5.16 Å². The van der Waals surface area contributed by atoms with Gasteiger partial charge in [-0.25, -0.2) is 15.0 Å². The van der Waals surface area contributed by atoms with Crippen molar-refractivity contribution in [2.24, 2.45) is 0 Å². The fraction of sp³-hybridized carbons (Fsp3) is 0.444. The first-order chi connectivity index (χ1) is 12.2. The van der Waals surface area contributed by atoms with E-state index in [1.54, 1.807) is 11.3 Å². The molecule has 0 unspecified atom stereocenters. The molecular weight excluding hydrogens is 334 g/mol. The highest BCUT2D eigenvalue weighted by Crippen LogP contribution is 2.33. The van der Waals surface area contributed by atoms with E-state index in [4.69, 9.17) is 9.51 Å². The smallest absolute Gasteiger partial charge is 0.170 e. The lowest BCUT2D eigenvalue weighted by atomic mass is 9.91. The van der Waals surface area contributed by atoms with Gasteiger partial charge in [0.2, 0.25) is 0 Å². The molecule has 0 aromatic carbocycles. The molecule has 4 heterocycles. The first-order valence-corrected chi connectivity index (χ1v) is 9.50. The van der Waals surface area contributed by atoms with Gasteiger partial charge in [0.1, 0.15) is 5.82 Å². The lowest BCUT2D eigenvalue weighted by Crippen LogP contribution is -2.34. The summed E-state index contributed by atoms with van der Waals surface area (Å²) in [5.41, 5.74) is 5.96. The molecule has 4 rings (SSSR count). The molecule has 0 bridgehead atoms. The maximum absolute atomic E-state index is 5.48. The van der Waals surface area contributed by atoms with E-state index in [0.29, 0.717) is 5.92 Å². The second-order valence-electron chi connectivity index (χ2n) is 6.60. The number of rotatable bonds is 4. The second kappa shape index (κ2) is 7.01. The van der Waals surface area contributed by atoms with Crippen molar-refractivity contribution in [2.45, 2.75) is 39.2 Å². The van der Waals surface area contributed by atoms with Crippen LogP contribution in [0.3, 0.4) is 0 Å². The molecule has 0 saturated carbocycles. The fourth-order valence-corrected chi connectivity index (χ4v) is 4.00. The summed E-state index contributed by atoms with van der Waals surface area (Å²) in [5.74, 6) is 1.92. The van der Waals surface area contributed by atoms with Gasteiger partial charge in [0, 0.05) is 36.7 Å². The molecule has 3 aromatic rings. The molecule has 7 heteroatoms. The quantitative estimate of drug-likeness (QED) is 0.712. The minimum atomic E-state index is 0.370. The van der Waals surface area contributed by atoms with Gasteiger partial charge in [0.25, 0.3) is 0 Å². The lowest BCUT2D eigenvalue weighted by molar-refractivity contribution is 0.196. The van der Waals surface area contributed by atoms with Gasteiger partial charge in [-0.05, 0) is 33.2 Å². The Morgan fingerprint density at radius 3 is 3.00 bits per heavy atom. The monoisotopic (exact) mass is 355 g/mol. The molecule has 0 radical (unpaired) electrons. The van der Waals surface area contributed by atoms with Crippen LogP contribution in [0.25, 0.3) is 11.3 Å². The minimum absolute atomic E-state index is 0.370. The van der Waals surface area contributed by atoms with Gasteiger partial charge >= 0.3 is 0 Å². The van der Waals surface area contributed by atoms with E-state index < -0.39 is 0 Å². The van der Waals surface area contributed by atoms with E-state index in [-0.39, 0.29) is 0 Å². The molecule has 1 saturated heterocycles. The molecule has 1 aliphatic rings. The molecule has 130 valence electrons. The number of aryl methyl sites for hydroxylation is 2. The Kier molecular flexibility index (Phi) is 4.59. The zero-order valence-electron chi connectivity index (χ0n) is 14.5. The molecule has 25 heavy (non-hydrogen) atoms. The van der Waals surface area contributed by atoms with Crippen molar-refractivity contribution in [3.05, 3.63) is 46.1 Å². The van der Waals surface area contributed by atoms with Crippen LogP contribution >= 0.6 is 11.3 Å². The summed E-state index contributed by atoms with van der Waals surface area (Å²) >= 11 is 1.65. The summed E-state index contributed by atoms with van der Waals surface area (Å²) in [5, 5.41) is 6.14. The normalized spacial score (nSPS) is 18.6. The van der Waals surface area contributed by atoms with Crippen LogP contribution in [0.2, 0.25) is 0 Å². The third-order valence-corrected chi connectivity index (χ3v) is 5.23. The van der Waals surface area contributed by atoms with Crippen LogP contribution < -0.4 is 0 Å². The van der Waals surface area contributed by atoms with Gasteiger partial charge in [-0.2, -0.15) is 0 Å². The summed E-state index contributed by atoms with van der Waals surface area (Å²) in [4.78, 5) is 16.0. The van der Waals surface area contributed by atoms with Crippen molar-refractivity contribution in [1.82, 2.24) is 25.0 Å². The van der Waals surface area contributed by atoms with Gasteiger partial charge in [0.05, 0.1) is 28.2 Å². The van der Waals surface area contributed by atoms with E-state index >= 15 is 0 Å². The Hall–Kier alpha value is -2.12. The van der Waals surface area contributed by atoms with Gasteiger partial charge in [-0.3, -0.25) is 4.90 Å². The van der Waals surface area contributed by atoms with E-state index in [9.17, 15) is 0 Å². The lowest BCUT2D eigenvalue weighted by Gasteiger charge is -2.32. The Balaban J connectivity index is 1.61. The molecule has 1 aliphatic heterocycles. The second-order valence-corrected chi connectivity index (χ2v) is 7.32. The van der Waals surface area contributed by atoms with Crippen LogP contribution in [0.15, 0.2) is 27.7 Å². The molecular formula is C18H21N5OS. The predicted molar refractivity (Wildman–Crippen MR) is 96.4 cm³/mol. The zero-order chi connectivity index (χ0) is 17.2. The van der Waals surface area contributed by atoms with Crippen LogP contribution in [0.4, 0.5) is 0 Å². The Morgan fingerprint density at radius 2 is 2.24 bits per heavy atom. The van der Waals surface area contributed by atoms with E-state index in [1.165, 1.54) is 0 Å². The van der Waals surface area contributed by atoms with E-state index in [2.05, 4.69) is 25.4 Å². The van der Waals surface area contributed by atoms with Crippen LogP contribution in [0, 0.1) is 13.8 Å². The average molecular weight is 355 g/mol. The molecule has 0 amide bonds. The summed E-state index contributed by atoms with van der Waals surface area (Å²) in [6, 6.07) is 1.95. The molecule has 3 aromatic heterocycles. The highest BCUT2D eigenvalue weighted by atomic mass is 32.1. The maximum atomic E-state index is 5.48. The van der Waals surface area contributed by atoms with Crippen molar-refractivity contribution in [3.63, 3.8) is 0 Å². The van der Waals surface area contributed by atoms with Crippen LogP contribution in [-0.2, 0) is 6.54 Å². The van der Waals surface area contributed by atoms with Gasteiger partial charge < -0.3 is 4.52 Å². The first-order valence-electron chi connectivity index (χ1n) is 8.55. The molecule has 0 spiro atoms. The molecule has 1 atom stereocenters. The molecule has 0 aliphatic carbocycles. The van der Waals surface area contributed by atoms with Crippen molar-refractivity contribution in [3.8, 4) is 11.3 Å². The maximum Gasteiger partial charge on any atom is 0.170 e. The summed E-state index contributed by atoms with van der Waals surface area (Å²) < 4.78 is 5.48. The number of hydrogen-bond acceptors (Lipinski definition) is 7. The number of likely N-dealkylation sites (tertiary alicyclic amines) is 1. The standard InChI is InChI=1S/C18H21N5OS/c1-12-6-17(24-22-12)16-7-19-13(2)21-18(16)14-4-3-5-23(8-14)9-15-10-25-11-20-15/h6-7,10-11,14H,3-5,8-9H2,1-2H3/t14-/m0/s1. The number of aromatic nitrogens is 4. The first kappa shape index (κ1) is 16.4. The number of thiazole rings is 1. The van der Waals surface area contributed by atoms with Crippen molar-refractivity contribution < 1.29 is 4.52 Å². The Labute approximate surface area is 150 Å². The topological polar surface area (TPSA) is 67.9 Å². The third-order valence-electron chi connectivity index (χ3n) is 4.59. The number of piperidine rings is 1. The Morgan fingerprint density at radius 1 is 1.32 bits per heavy atom. The largest absolute Gasteiger partial charge is 0.356 e. The predicted octanol–water partition coefficient (Wildman–Crippen LogP) is 3.58. The summed E-state index contributed by atoms with van der Waals surface area (Å²) in [6.45, 7) is 6.86. The average Bonchev–Trinajstić information content (AvgIpc) is 3.27. The van der Waals surface area contributed by atoms with Crippen LogP contribution in [0.5, 0.6) is 0 Å². The van der Waals surface area contributed by atoms with Crippen LogP contribution in [0.1, 0.15) is 41.7 Å². The minimum Gasteiger partial charge on any atom is -0.356 e. The zero-order valence-corrected chi connectivity index (χ0v) is 15.3. The molecule has 0 N–H and O–H groups in total. The van der Waals surface area contributed by atoms with E-state index in [1.807, 2.05) is 31.6 Å². The third kappa shape index (κ3) is 3.62. The fourth-order valence-electron chi connectivity index (χ4n) is 3.45. The summed E-state index contributed by atoms with van der Waals surface area (Å²) in [6.07, 6.45) is 4.16. The van der Waals surface area contributed by atoms with Crippen molar-refractivity contribution in [1.29, 1.82) is 0 Å². The van der Waals surface area contributed by atoms with Crippen molar-refractivity contribution in [2.75, 3.05) is 13.1 Å². The summed E-state index contributed by atoms with van der Waals surface area (Å²) in [7, 11) is 0. The highest BCUT2D eigenvalue weighted by Gasteiger charge is 2.26. The Bertz CT molecular complexity index is 845. The SMILES string of the molecule is Cc1cc(-c2cnc(C)nc2[C@H]2CCCN(Cc3cscn3)C2)on1. The van der Waals surface area contributed by atoms with E-state index in [0.717, 1.165) is 66.7 Å². The number of hydrogen-bond donors (Lipinski definition) is 0. The molecule has 6 nitrogen and oxygen atoms in total. The van der Waals surface area contributed by atoms with Gasteiger partial charge in [0.15, 0.2) is 5.76 Å². The number of nitrogens with zero attached hydrogens (tertiary/aromatic N) is 5. The van der Waals surface area contributed by atoms with Crippen LogP contribution in [-0.4, -0.2) is 38.1 Å².